The minimum atomic E-state index is -0.133. The Bertz CT molecular complexity index is 870. The van der Waals surface area contributed by atoms with Crippen LogP contribution >= 0.6 is 0 Å². The van der Waals surface area contributed by atoms with E-state index >= 15 is 0 Å². The number of carbonyl (C=O) groups excluding carboxylic acids is 2. The predicted molar refractivity (Wildman–Crippen MR) is 109 cm³/mol. The first-order valence-electron chi connectivity index (χ1n) is 9.00. The van der Waals surface area contributed by atoms with Crippen molar-refractivity contribution in [2.75, 3.05) is 9.80 Å². The second-order valence-electron chi connectivity index (χ2n) is 6.42. The summed E-state index contributed by atoms with van der Waals surface area (Å²) >= 11 is 0. The highest BCUT2D eigenvalue weighted by molar-refractivity contribution is 5.93. The highest BCUT2D eigenvalue weighted by atomic mass is 16.2. The van der Waals surface area contributed by atoms with E-state index in [0.717, 1.165) is 11.1 Å². The zero-order chi connectivity index (χ0) is 19.9. The van der Waals surface area contributed by atoms with Gasteiger partial charge in [-0.05, 0) is 11.1 Å². The van der Waals surface area contributed by atoms with Gasteiger partial charge in [-0.3, -0.25) is 19.4 Å². The van der Waals surface area contributed by atoms with Crippen LogP contribution in [0, 0.1) is 0 Å². The molecule has 1 heterocycles. The Morgan fingerprint density at radius 1 is 0.714 bits per heavy atom. The van der Waals surface area contributed by atoms with Crippen molar-refractivity contribution in [3.8, 4) is 0 Å². The van der Waals surface area contributed by atoms with Gasteiger partial charge in [0.1, 0.15) is 18.0 Å². The molecule has 1 aromatic heterocycles. The summed E-state index contributed by atoms with van der Waals surface area (Å²) in [4.78, 5) is 36.1. The third-order valence-electron chi connectivity index (χ3n) is 4.32. The van der Waals surface area contributed by atoms with E-state index in [1.165, 1.54) is 20.2 Å². The van der Waals surface area contributed by atoms with Gasteiger partial charge in [0.25, 0.3) is 0 Å². The number of hydrogen-bond donors (Lipinski definition) is 0. The SMILES string of the molecule is CC(=O)N(Cc1ccccc1)c1cc(N(Cc2ccccc2)C(C)=O)ncn1. The minimum Gasteiger partial charge on any atom is -0.292 e. The van der Waals surface area contributed by atoms with Gasteiger partial charge in [0.15, 0.2) is 0 Å². The van der Waals surface area contributed by atoms with Crippen molar-refractivity contribution in [1.82, 2.24) is 9.97 Å². The first kappa shape index (κ1) is 19.2. The Morgan fingerprint density at radius 2 is 1.11 bits per heavy atom. The van der Waals surface area contributed by atoms with Crippen LogP contribution < -0.4 is 9.80 Å². The molecule has 0 spiro atoms. The van der Waals surface area contributed by atoms with Crippen molar-refractivity contribution in [2.45, 2.75) is 26.9 Å². The molecule has 28 heavy (non-hydrogen) atoms. The van der Waals surface area contributed by atoms with Crippen molar-refractivity contribution in [3.05, 3.63) is 84.2 Å². The van der Waals surface area contributed by atoms with Crippen LogP contribution in [0.1, 0.15) is 25.0 Å². The first-order valence-corrected chi connectivity index (χ1v) is 9.00. The molecular weight excluding hydrogens is 352 g/mol. The van der Waals surface area contributed by atoms with Crippen molar-refractivity contribution < 1.29 is 9.59 Å². The zero-order valence-corrected chi connectivity index (χ0v) is 15.9. The molecule has 6 heteroatoms. The molecule has 6 nitrogen and oxygen atoms in total. The van der Waals surface area contributed by atoms with E-state index in [-0.39, 0.29) is 11.8 Å². The topological polar surface area (TPSA) is 66.4 Å². The van der Waals surface area contributed by atoms with Gasteiger partial charge in [-0.15, -0.1) is 0 Å². The van der Waals surface area contributed by atoms with Crippen LogP contribution in [0.2, 0.25) is 0 Å². The van der Waals surface area contributed by atoms with Crippen LogP contribution in [0.25, 0.3) is 0 Å². The van der Waals surface area contributed by atoms with Gasteiger partial charge >= 0.3 is 0 Å². The maximum absolute atomic E-state index is 12.2. The molecule has 3 rings (SSSR count). The van der Waals surface area contributed by atoms with E-state index in [4.69, 9.17) is 0 Å². The fraction of sp³-hybridized carbons (Fsp3) is 0.182. The van der Waals surface area contributed by atoms with Crippen LogP contribution in [-0.4, -0.2) is 21.8 Å². The first-order chi connectivity index (χ1) is 13.5. The van der Waals surface area contributed by atoms with Gasteiger partial charge in [0.2, 0.25) is 11.8 Å². The Labute approximate surface area is 164 Å². The Morgan fingerprint density at radius 3 is 1.46 bits per heavy atom. The van der Waals surface area contributed by atoms with Crippen molar-refractivity contribution in [1.29, 1.82) is 0 Å². The third-order valence-corrected chi connectivity index (χ3v) is 4.32. The zero-order valence-electron chi connectivity index (χ0n) is 15.9. The molecule has 2 amide bonds. The van der Waals surface area contributed by atoms with Crippen LogP contribution in [0.4, 0.5) is 11.6 Å². The molecule has 0 radical (unpaired) electrons. The summed E-state index contributed by atoms with van der Waals surface area (Å²) in [5, 5.41) is 0. The lowest BCUT2D eigenvalue weighted by molar-refractivity contribution is -0.117. The van der Waals surface area contributed by atoms with Crippen LogP contribution in [0.3, 0.4) is 0 Å². The molecule has 0 aliphatic carbocycles. The summed E-state index contributed by atoms with van der Waals surface area (Å²) in [6.07, 6.45) is 1.38. The Balaban J connectivity index is 1.89. The number of carbonyl (C=O) groups is 2. The summed E-state index contributed by atoms with van der Waals surface area (Å²) < 4.78 is 0. The lowest BCUT2D eigenvalue weighted by Crippen LogP contribution is -2.31. The molecule has 0 aliphatic heterocycles. The van der Waals surface area contributed by atoms with Gasteiger partial charge in [0, 0.05) is 19.9 Å². The molecular formula is C22H22N4O2. The number of aromatic nitrogens is 2. The average Bonchev–Trinajstić information content (AvgIpc) is 2.71. The molecule has 0 saturated carbocycles. The van der Waals surface area contributed by atoms with Crippen LogP contribution in [0.15, 0.2) is 73.1 Å². The molecule has 2 aromatic carbocycles. The number of benzene rings is 2. The molecule has 0 aliphatic rings. The van der Waals surface area contributed by atoms with Crippen LogP contribution in [-0.2, 0) is 22.7 Å². The Kier molecular flexibility index (Phi) is 6.11. The summed E-state index contributed by atoms with van der Waals surface area (Å²) in [5.41, 5.74) is 1.98. The third kappa shape index (κ3) is 4.79. The molecule has 142 valence electrons. The van der Waals surface area contributed by atoms with E-state index in [1.54, 1.807) is 15.9 Å². The van der Waals surface area contributed by atoms with E-state index in [2.05, 4.69) is 9.97 Å². The molecule has 0 bridgehead atoms. The lowest BCUT2D eigenvalue weighted by atomic mass is 10.2. The fourth-order valence-corrected chi connectivity index (χ4v) is 2.87. The predicted octanol–water partition coefficient (Wildman–Crippen LogP) is 3.58. The minimum absolute atomic E-state index is 0.133. The van der Waals surface area contributed by atoms with Crippen LogP contribution in [0.5, 0.6) is 0 Å². The Hall–Kier alpha value is -3.54. The van der Waals surface area contributed by atoms with Crippen molar-refractivity contribution in [3.63, 3.8) is 0 Å². The summed E-state index contributed by atoms with van der Waals surface area (Å²) in [5.74, 6) is 0.651. The maximum atomic E-state index is 12.2. The van der Waals surface area contributed by atoms with E-state index in [0.29, 0.717) is 24.7 Å². The van der Waals surface area contributed by atoms with Crippen molar-refractivity contribution in [2.24, 2.45) is 0 Å². The lowest BCUT2D eigenvalue weighted by Gasteiger charge is -2.24. The molecule has 0 fully saturated rings. The molecule has 0 unspecified atom stereocenters. The number of nitrogens with zero attached hydrogens (tertiary/aromatic N) is 4. The van der Waals surface area contributed by atoms with Crippen molar-refractivity contribution >= 4 is 23.5 Å². The monoisotopic (exact) mass is 374 g/mol. The average molecular weight is 374 g/mol. The number of rotatable bonds is 6. The van der Waals surface area contributed by atoms with Gasteiger partial charge in [0.05, 0.1) is 13.1 Å². The summed E-state index contributed by atoms with van der Waals surface area (Å²) in [6, 6.07) is 21.1. The smallest absolute Gasteiger partial charge is 0.225 e. The fourth-order valence-electron chi connectivity index (χ4n) is 2.87. The number of hydrogen-bond acceptors (Lipinski definition) is 4. The standard InChI is InChI=1S/C22H22N4O2/c1-17(27)25(14-19-9-5-3-6-10-19)21-13-22(24-16-23-21)26(18(2)28)15-20-11-7-4-8-12-20/h3-13,16H,14-15H2,1-2H3. The van der Waals surface area contributed by atoms with E-state index in [1.807, 2.05) is 60.7 Å². The van der Waals surface area contributed by atoms with Gasteiger partial charge in [-0.25, -0.2) is 9.97 Å². The second kappa shape index (κ2) is 8.90. The maximum Gasteiger partial charge on any atom is 0.225 e. The molecule has 0 atom stereocenters. The molecule has 0 N–H and O–H groups in total. The van der Waals surface area contributed by atoms with Gasteiger partial charge in [-0.1, -0.05) is 60.7 Å². The van der Waals surface area contributed by atoms with E-state index < -0.39 is 0 Å². The highest BCUT2D eigenvalue weighted by Crippen LogP contribution is 2.21. The largest absolute Gasteiger partial charge is 0.292 e. The van der Waals surface area contributed by atoms with Gasteiger partial charge in [-0.2, -0.15) is 0 Å². The molecule has 0 saturated heterocycles. The highest BCUT2D eigenvalue weighted by Gasteiger charge is 2.18. The summed E-state index contributed by atoms with van der Waals surface area (Å²) in [6.45, 7) is 3.78. The van der Waals surface area contributed by atoms with E-state index in [9.17, 15) is 9.59 Å². The second-order valence-corrected chi connectivity index (χ2v) is 6.42. The molecule has 3 aromatic rings. The van der Waals surface area contributed by atoms with Gasteiger partial charge < -0.3 is 0 Å². The normalized spacial score (nSPS) is 10.4. The summed E-state index contributed by atoms with van der Waals surface area (Å²) in [7, 11) is 0. The number of anilines is 2. The number of amides is 2. The quantitative estimate of drug-likeness (QED) is 0.661.